The number of carbonyl (C=O) groups excluding carboxylic acids is 3. The molecule has 7 nitrogen and oxygen atoms in total. The van der Waals surface area contributed by atoms with Crippen molar-refractivity contribution in [2.24, 2.45) is 0 Å². The van der Waals surface area contributed by atoms with Crippen molar-refractivity contribution >= 4 is 29.3 Å². The van der Waals surface area contributed by atoms with Gasteiger partial charge in [0.15, 0.2) is 0 Å². The molecule has 0 aromatic heterocycles. The normalized spacial score (nSPS) is 10.8. The highest BCUT2D eigenvalue weighted by Gasteiger charge is 2.23. The molecule has 160 valence electrons. The van der Waals surface area contributed by atoms with E-state index in [0.29, 0.717) is 11.4 Å². The maximum absolute atomic E-state index is 12.8. The molecule has 0 aliphatic carbocycles. The molecule has 2 rings (SSSR count). The summed E-state index contributed by atoms with van der Waals surface area (Å²) in [6.07, 6.45) is 0.0406. The molecule has 0 saturated carbocycles. The van der Waals surface area contributed by atoms with Crippen LogP contribution < -0.4 is 15.5 Å². The van der Waals surface area contributed by atoms with E-state index in [4.69, 9.17) is 4.74 Å². The van der Waals surface area contributed by atoms with Gasteiger partial charge in [0.1, 0.15) is 12.1 Å². The SMILES string of the molecule is Cc1cccc(NC(=O)NCCC(=O)N(CC(=O)OC(C)(C)C)c2ccccc2)c1. The van der Waals surface area contributed by atoms with Gasteiger partial charge < -0.3 is 20.3 Å². The lowest BCUT2D eigenvalue weighted by atomic mass is 10.2. The minimum Gasteiger partial charge on any atom is -0.459 e. The van der Waals surface area contributed by atoms with Gasteiger partial charge in [-0.15, -0.1) is 0 Å². The van der Waals surface area contributed by atoms with Gasteiger partial charge in [0.2, 0.25) is 5.91 Å². The van der Waals surface area contributed by atoms with E-state index in [0.717, 1.165) is 5.56 Å². The predicted octanol–water partition coefficient (Wildman–Crippen LogP) is 3.88. The number of aryl methyl sites for hydroxylation is 1. The fourth-order valence-electron chi connectivity index (χ4n) is 2.75. The second kappa shape index (κ2) is 10.4. The standard InChI is InChI=1S/C23H29N3O4/c1-17-9-8-10-18(15-17)25-22(29)24-14-13-20(27)26(19-11-6-5-7-12-19)16-21(28)30-23(2,3)4/h5-12,15H,13-14,16H2,1-4H3,(H2,24,25,29). The topological polar surface area (TPSA) is 87.7 Å². The molecule has 2 aromatic carbocycles. The number of amides is 3. The maximum Gasteiger partial charge on any atom is 0.326 e. The van der Waals surface area contributed by atoms with Crippen molar-refractivity contribution in [2.45, 2.75) is 39.7 Å². The Balaban J connectivity index is 1.93. The summed E-state index contributed by atoms with van der Waals surface area (Å²) in [7, 11) is 0. The van der Waals surface area contributed by atoms with Crippen molar-refractivity contribution in [2.75, 3.05) is 23.3 Å². The summed E-state index contributed by atoms with van der Waals surface area (Å²) in [6, 6.07) is 15.9. The molecule has 0 aliphatic heterocycles. The van der Waals surface area contributed by atoms with Crippen LogP contribution in [0.15, 0.2) is 54.6 Å². The minimum absolute atomic E-state index is 0.0406. The van der Waals surface area contributed by atoms with Crippen LogP contribution in [-0.4, -0.2) is 36.6 Å². The van der Waals surface area contributed by atoms with Gasteiger partial charge in [-0.05, 0) is 57.5 Å². The largest absolute Gasteiger partial charge is 0.459 e. The van der Waals surface area contributed by atoms with E-state index in [9.17, 15) is 14.4 Å². The quantitative estimate of drug-likeness (QED) is 0.677. The van der Waals surface area contributed by atoms with E-state index < -0.39 is 17.6 Å². The fraction of sp³-hybridized carbons (Fsp3) is 0.348. The third-order valence-corrected chi connectivity index (χ3v) is 3.98. The first kappa shape index (κ1) is 22.9. The Labute approximate surface area is 177 Å². The highest BCUT2D eigenvalue weighted by molar-refractivity contribution is 5.98. The highest BCUT2D eigenvalue weighted by atomic mass is 16.6. The van der Waals surface area contributed by atoms with E-state index in [1.807, 2.05) is 31.2 Å². The molecule has 0 spiro atoms. The van der Waals surface area contributed by atoms with Gasteiger partial charge in [-0.1, -0.05) is 30.3 Å². The Morgan fingerprint density at radius 3 is 2.33 bits per heavy atom. The van der Waals surface area contributed by atoms with Crippen LogP contribution in [0.1, 0.15) is 32.8 Å². The summed E-state index contributed by atoms with van der Waals surface area (Å²) in [4.78, 5) is 38.5. The van der Waals surface area contributed by atoms with Crippen LogP contribution >= 0.6 is 0 Å². The van der Waals surface area contributed by atoms with Crippen molar-refractivity contribution in [3.05, 3.63) is 60.2 Å². The smallest absolute Gasteiger partial charge is 0.326 e. The van der Waals surface area contributed by atoms with Crippen LogP contribution in [-0.2, 0) is 14.3 Å². The zero-order chi connectivity index (χ0) is 22.1. The maximum atomic E-state index is 12.8. The van der Waals surface area contributed by atoms with Crippen LogP contribution in [0.25, 0.3) is 0 Å². The monoisotopic (exact) mass is 411 g/mol. The third-order valence-electron chi connectivity index (χ3n) is 3.98. The lowest BCUT2D eigenvalue weighted by molar-refractivity contribution is -0.153. The molecule has 0 unspecified atom stereocenters. The number of anilines is 2. The molecular formula is C23H29N3O4. The van der Waals surface area contributed by atoms with Gasteiger partial charge in [-0.25, -0.2) is 4.79 Å². The predicted molar refractivity (Wildman–Crippen MR) is 117 cm³/mol. The summed E-state index contributed by atoms with van der Waals surface area (Å²) in [6.45, 7) is 7.19. The molecule has 0 fully saturated rings. The van der Waals surface area contributed by atoms with Crippen molar-refractivity contribution in [3.63, 3.8) is 0 Å². The fourth-order valence-corrected chi connectivity index (χ4v) is 2.75. The van der Waals surface area contributed by atoms with Crippen LogP contribution in [0.2, 0.25) is 0 Å². The van der Waals surface area contributed by atoms with Gasteiger partial charge in [0.05, 0.1) is 0 Å². The second-order valence-electron chi connectivity index (χ2n) is 7.90. The Kier molecular flexibility index (Phi) is 7.98. The molecule has 0 atom stereocenters. The van der Waals surface area contributed by atoms with Crippen molar-refractivity contribution in [1.82, 2.24) is 5.32 Å². The number of para-hydroxylation sites is 1. The molecule has 3 amide bonds. The van der Waals surface area contributed by atoms with E-state index in [2.05, 4.69) is 10.6 Å². The highest BCUT2D eigenvalue weighted by Crippen LogP contribution is 2.16. The van der Waals surface area contributed by atoms with E-state index >= 15 is 0 Å². The first-order valence-corrected chi connectivity index (χ1v) is 9.83. The molecule has 0 saturated heterocycles. The number of nitrogens with one attached hydrogen (secondary N) is 2. The Hall–Kier alpha value is -3.35. The average Bonchev–Trinajstić information content (AvgIpc) is 2.65. The van der Waals surface area contributed by atoms with Gasteiger partial charge in [0, 0.05) is 24.3 Å². The summed E-state index contributed by atoms with van der Waals surface area (Å²) in [5.74, 6) is -0.784. The third kappa shape index (κ3) is 7.95. The van der Waals surface area contributed by atoms with Crippen molar-refractivity contribution in [3.8, 4) is 0 Å². The first-order valence-electron chi connectivity index (χ1n) is 9.83. The number of hydrogen-bond donors (Lipinski definition) is 2. The minimum atomic E-state index is -0.641. The number of urea groups is 1. The van der Waals surface area contributed by atoms with Crippen molar-refractivity contribution in [1.29, 1.82) is 0 Å². The number of carbonyl (C=O) groups is 3. The first-order chi connectivity index (χ1) is 14.1. The zero-order valence-electron chi connectivity index (χ0n) is 17.9. The number of nitrogens with zero attached hydrogens (tertiary/aromatic N) is 1. The molecule has 0 aliphatic rings. The lowest BCUT2D eigenvalue weighted by Crippen LogP contribution is -2.40. The van der Waals surface area contributed by atoms with Gasteiger partial charge in [-0.2, -0.15) is 0 Å². The molecule has 0 radical (unpaired) electrons. The van der Waals surface area contributed by atoms with Crippen LogP contribution in [0.5, 0.6) is 0 Å². The Morgan fingerprint density at radius 2 is 1.70 bits per heavy atom. The summed E-state index contributed by atoms with van der Waals surface area (Å²) < 4.78 is 5.35. The Bertz CT molecular complexity index is 876. The van der Waals surface area contributed by atoms with Gasteiger partial charge >= 0.3 is 12.0 Å². The van der Waals surface area contributed by atoms with Crippen molar-refractivity contribution < 1.29 is 19.1 Å². The lowest BCUT2D eigenvalue weighted by Gasteiger charge is -2.25. The molecule has 0 heterocycles. The molecular weight excluding hydrogens is 382 g/mol. The van der Waals surface area contributed by atoms with Gasteiger partial charge in [-0.3, -0.25) is 9.59 Å². The van der Waals surface area contributed by atoms with E-state index in [1.54, 1.807) is 51.1 Å². The van der Waals surface area contributed by atoms with Crippen LogP contribution in [0.4, 0.5) is 16.2 Å². The number of hydrogen-bond acceptors (Lipinski definition) is 4. The average molecular weight is 412 g/mol. The molecule has 7 heteroatoms. The molecule has 30 heavy (non-hydrogen) atoms. The summed E-state index contributed by atoms with van der Waals surface area (Å²) in [5.41, 5.74) is 1.66. The van der Waals surface area contributed by atoms with Crippen LogP contribution in [0, 0.1) is 6.92 Å². The molecule has 0 bridgehead atoms. The van der Waals surface area contributed by atoms with E-state index in [-0.39, 0.29) is 25.4 Å². The van der Waals surface area contributed by atoms with E-state index in [1.165, 1.54) is 4.90 Å². The number of benzene rings is 2. The molecule has 2 aromatic rings. The second-order valence-corrected chi connectivity index (χ2v) is 7.90. The summed E-state index contributed by atoms with van der Waals surface area (Å²) >= 11 is 0. The van der Waals surface area contributed by atoms with Crippen LogP contribution in [0.3, 0.4) is 0 Å². The zero-order valence-corrected chi connectivity index (χ0v) is 17.9. The number of ether oxygens (including phenoxy) is 1. The summed E-state index contributed by atoms with van der Waals surface area (Å²) in [5, 5.41) is 5.39. The van der Waals surface area contributed by atoms with Gasteiger partial charge in [0.25, 0.3) is 0 Å². The molecule has 2 N–H and O–H groups in total. The Morgan fingerprint density at radius 1 is 1.00 bits per heavy atom. The number of rotatable bonds is 7. The number of esters is 1.